The lowest BCUT2D eigenvalue weighted by molar-refractivity contribution is 0.102. The Bertz CT molecular complexity index is 904. The molecule has 2 aromatic rings. The number of anilines is 3. The summed E-state index contributed by atoms with van der Waals surface area (Å²) in [6.07, 6.45) is 0. The Morgan fingerprint density at radius 1 is 0.933 bits per heavy atom. The molecule has 0 spiro atoms. The van der Waals surface area contributed by atoms with Gasteiger partial charge in [-0.2, -0.15) is 0 Å². The molecule has 3 rings (SSSR count). The van der Waals surface area contributed by atoms with Crippen LogP contribution in [-0.2, 0) is 0 Å². The summed E-state index contributed by atoms with van der Waals surface area (Å²) in [4.78, 5) is 29.3. The molecule has 2 aromatic carbocycles. The average Bonchev–Trinajstić information content (AvgIpc) is 2.68. The van der Waals surface area contributed by atoms with E-state index in [4.69, 9.17) is 0 Å². The van der Waals surface area contributed by atoms with Crippen LogP contribution in [0, 0.1) is 6.92 Å². The van der Waals surface area contributed by atoms with Crippen LogP contribution in [0.5, 0.6) is 0 Å². The van der Waals surface area contributed by atoms with Gasteiger partial charge in [0.25, 0.3) is 5.91 Å². The first-order valence-corrected chi connectivity index (χ1v) is 10.3. The summed E-state index contributed by atoms with van der Waals surface area (Å²) in [5.74, 6) is -0.213. The Balaban J connectivity index is 1.65. The van der Waals surface area contributed by atoms with E-state index in [9.17, 15) is 9.59 Å². The Morgan fingerprint density at radius 2 is 1.63 bits per heavy atom. The molecule has 3 N–H and O–H groups in total. The van der Waals surface area contributed by atoms with Crippen molar-refractivity contribution in [1.29, 1.82) is 0 Å². The largest absolute Gasteiger partial charge is 0.369 e. The predicted molar refractivity (Wildman–Crippen MR) is 123 cm³/mol. The molecule has 0 aromatic heterocycles. The number of aryl methyl sites for hydroxylation is 1. The van der Waals surface area contributed by atoms with Gasteiger partial charge in [0.1, 0.15) is 0 Å². The van der Waals surface area contributed by atoms with E-state index in [-0.39, 0.29) is 18.0 Å². The summed E-state index contributed by atoms with van der Waals surface area (Å²) in [7, 11) is 2.14. The van der Waals surface area contributed by atoms with Gasteiger partial charge in [-0.3, -0.25) is 4.79 Å². The van der Waals surface area contributed by atoms with E-state index in [2.05, 4.69) is 45.8 Å². The second kappa shape index (κ2) is 9.63. The minimum Gasteiger partial charge on any atom is -0.369 e. The second-order valence-corrected chi connectivity index (χ2v) is 8.08. The number of rotatable bonds is 5. The van der Waals surface area contributed by atoms with Crippen LogP contribution in [0.1, 0.15) is 29.8 Å². The van der Waals surface area contributed by atoms with Gasteiger partial charge in [-0.05, 0) is 69.8 Å². The Morgan fingerprint density at radius 3 is 2.30 bits per heavy atom. The van der Waals surface area contributed by atoms with Crippen molar-refractivity contribution in [2.45, 2.75) is 26.8 Å². The third-order valence-electron chi connectivity index (χ3n) is 5.10. The molecular formula is C23H31N5O2. The fourth-order valence-electron chi connectivity index (χ4n) is 3.51. The Labute approximate surface area is 178 Å². The van der Waals surface area contributed by atoms with E-state index in [1.807, 2.05) is 26.0 Å². The fraction of sp³-hybridized carbons (Fsp3) is 0.391. The summed E-state index contributed by atoms with van der Waals surface area (Å²) < 4.78 is 0. The van der Waals surface area contributed by atoms with E-state index in [1.165, 1.54) is 5.69 Å². The monoisotopic (exact) mass is 409 g/mol. The summed E-state index contributed by atoms with van der Waals surface area (Å²) >= 11 is 0. The number of hydrogen-bond acceptors (Lipinski definition) is 4. The molecule has 160 valence electrons. The maximum Gasteiger partial charge on any atom is 0.319 e. The summed E-state index contributed by atoms with van der Waals surface area (Å²) in [5.41, 5.74) is 4.16. The van der Waals surface area contributed by atoms with E-state index >= 15 is 0 Å². The number of urea groups is 1. The average molecular weight is 410 g/mol. The molecule has 3 amide bonds. The number of piperazine rings is 1. The standard InChI is InChI=1S/C23H31N5O2/c1-16(2)24-23(30)26-19-7-5-6-18(15-19)22(29)25-20-8-9-21(17(3)14-20)28-12-10-27(4)11-13-28/h5-9,14-16H,10-13H2,1-4H3,(H,25,29)(H2,24,26,30). The van der Waals surface area contributed by atoms with E-state index < -0.39 is 0 Å². The third-order valence-corrected chi connectivity index (χ3v) is 5.10. The predicted octanol–water partition coefficient (Wildman–Crippen LogP) is 3.53. The van der Waals surface area contributed by atoms with Gasteiger partial charge < -0.3 is 25.8 Å². The van der Waals surface area contributed by atoms with Crippen LogP contribution < -0.4 is 20.9 Å². The number of likely N-dealkylation sites (N-methyl/N-ethyl adjacent to an activating group) is 1. The molecule has 0 saturated carbocycles. The lowest BCUT2D eigenvalue weighted by atomic mass is 10.1. The summed E-state index contributed by atoms with van der Waals surface area (Å²) in [6.45, 7) is 9.97. The zero-order chi connectivity index (χ0) is 21.7. The molecule has 0 unspecified atom stereocenters. The highest BCUT2D eigenvalue weighted by Gasteiger charge is 2.16. The van der Waals surface area contributed by atoms with Gasteiger partial charge >= 0.3 is 6.03 Å². The van der Waals surface area contributed by atoms with Crippen molar-refractivity contribution in [3.8, 4) is 0 Å². The van der Waals surface area contributed by atoms with Crippen molar-refractivity contribution in [2.24, 2.45) is 0 Å². The molecular weight excluding hydrogens is 378 g/mol. The summed E-state index contributed by atoms with van der Waals surface area (Å²) in [6, 6.07) is 12.7. The maximum absolute atomic E-state index is 12.7. The van der Waals surface area contributed by atoms with Crippen molar-refractivity contribution >= 4 is 29.0 Å². The quantitative estimate of drug-likeness (QED) is 0.706. The molecule has 1 aliphatic heterocycles. The highest BCUT2D eigenvalue weighted by Crippen LogP contribution is 2.25. The number of nitrogens with zero attached hydrogens (tertiary/aromatic N) is 2. The first kappa shape index (κ1) is 21.6. The molecule has 0 aliphatic carbocycles. The molecule has 1 saturated heterocycles. The van der Waals surface area contributed by atoms with Gasteiger partial charge in [0.2, 0.25) is 0 Å². The van der Waals surface area contributed by atoms with Crippen molar-refractivity contribution in [2.75, 3.05) is 48.8 Å². The van der Waals surface area contributed by atoms with Crippen LogP contribution in [0.2, 0.25) is 0 Å². The van der Waals surface area contributed by atoms with Gasteiger partial charge in [-0.1, -0.05) is 6.07 Å². The lowest BCUT2D eigenvalue weighted by Crippen LogP contribution is -2.44. The molecule has 1 aliphatic rings. The first-order valence-electron chi connectivity index (χ1n) is 10.3. The molecule has 7 nitrogen and oxygen atoms in total. The van der Waals surface area contributed by atoms with Crippen LogP contribution in [-0.4, -0.2) is 56.1 Å². The highest BCUT2D eigenvalue weighted by molar-refractivity contribution is 6.05. The molecule has 1 heterocycles. The van der Waals surface area contributed by atoms with Crippen molar-refractivity contribution in [1.82, 2.24) is 10.2 Å². The zero-order valence-electron chi connectivity index (χ0n) is 18.2. The lowest BCUT2D eigenvalue weighted by Gasteiger charge is -2.35. The number of hydrogen-bond donors (Lipinski definition) is 3. The molecule has 0 atom stereocenters. The fourth-order valence-corrected chi connectivity index (χ4v) is 3.51. The van der Waals surface area contributed by atoms with Crippen LogP contribution in [0.3, 0.4) is 0 Å². The number of carbonyl (C=O) groups excluding carboxylic acids is 2. The van der Waals surface area contributed by atoms with Crippen LogP contribution in [0.25, 0.3) is 0 Å². The molecule has 0 radical (unpaired) electrons. The molecule has 1 fully saturated rings. The molecule has 30 heavy (non-hydrogen) atoms. The number of nitrogens with one attached hydrogen (secondary N) is 3. The summed E-state index contributed by atoms with van der Waals surface area (Å²) in [5, 5.41) is 8.47. The van der Waals surface area contributed by atoms with Crippen LogP contribution in [0.4, 0.5) is 21.9 Å². The van der Waals surface area contributed by atoms with Gasteiger partial charge in [-0.15, -0.1) is 0 Å². The minimum atomic E-state index is -0.294. The number of carbonyl (C=O) groups is 2. The number of amides is 3. The van der Waals surface area contributed by atoms with Crippen LogP contribution >= 0.6 is 0 Å². The smallest absolute Gasteiger partial charge is 0.319 e. The van der Waals surface area contributed by atoms with Gasteiger partial charge in [0.15, 0.2) is 0 Å². The normalized spacial score (nSPS) is 14.5. The minimum absolute atomic E-state index is 0.0357. The molecule has 7 heteroatoms. The van der Waals surface area contributed by atoms with Gasteiger partial charge in [0.05, 0.1) is 0 Å². The van der Waals surface area contributed by atoms with Gasteiger partial charge in [-0.25, -0.2) is 4.79 Å². The highest BCUT2D eigenvalue weighted by atomic mass is 16.2. The first-order chi connectivity index (χ1) is 14.3. The van der Waals surface area contributed by atoms with E-state index in [0.717, 1.165) is 37.4 Å². The SMILES string of the molecule is Cc1cc(NC(=O)c2cccc(NC(=O)NC(C)C)c2)ccc1N1CCN(C)CC1. The van der Waals surface area contributed by atoms with Crippen molar-refractivity contribution < 1.29 is 9.59 Å². The van der Waals surface area contributed by atoms with Crippen LogP contribution in [0.15, 0.2) is 42.5 Å². The second-order valence-electron chi connectivity index (χ2n) is 8.08. The maximum atomic E-state index is 12.7. The Kier molecular flexibility index (Phi) is 6.95. The molecule has 0 bridgehead atoms. The van der Waals surface area contributed by atoms with Gasteiger partial charge in [0, 0.05) is 54.8 Å². The van der Waals surface area contributed by atoms with Crippen molar-refractivity contribution in [3.05, 3.63) is 53.6 Å². The topological polar surface area (TPSA) is 76.7 Å². The van der Waals surface area contributed by atoms with Crippen molar-refractivity contribution in [3.63, 3.8) is 0 Å². The zero-order valence-corrected chi connectivity index (χ0v) is 18.2. The third kappa shape index (κ3) is 5.73. The van der Waals surface area contributed by atoms with E-state index in [1.54, 1.807) is 24.3 Å². The van der Waals surface area contributed by atoms with E-state index in [0.29, 0.717) is 11.3 Å². The number of benzene rings is 2. The Hall–Kier alpha value is -3.06.